The third-order valence-electron chi connectivity index (χ3n) is 5.76. The number of carbonyl (C=O) groups excluding carboxylic acids is 1. The summed E-state index contributed by atoms with van der Waals surface area (Å²) in [6.07, 6.45) is 5.32. The third-order valence-corrected chi connectivity index (χ3v) is 5.76. The molecule has 6 nitrogen and oxygen atoms in total. The number of hydrogen-bond donors (Lipinski definition) is 0. The molecule has 6 heteroatoms. The molecule has 132 valence electrons. The van der Waals surface area contributed by atoms with E-state index in [-0.39, 0.29) is 5.91 Å². The summed E-state index contributed by atoms with van der Waals surface area (Å²) in [5.74, 6) is 0.768. The Kier molecular flexibility index (Phi) is 5.46. The fourth-order valence-corrected chi connectivity index (χ4v) is 3.88. The first-order valence-electron chi connectivity index (χ1n) is 9.04. The van der Waals surface area contributed by atoms with E-state index in [1.54, 1.807) is 6.20 Å². The summed E-state index contributed by atoms with van der Waals surface area (Å²) in [5.41, 5.74) is 1.41. The van der Waals surface area contributed by atoms with E-state index in [2.05, 4.69) is 33.7 Å². The number of piperazine rings is 1. The number of likely N-dealkylation sites (tertiary alicyclic amines) is 1. The molecule has 0 N–H and O–H groups in total. The third kappa shape index (κ3) is 3.75. The minimum Gasteiger partial charge on any atom is -0.339 e. The van der Waals surface area contributed by atoms with Crippen LogP contribution < -0.4 is 0 Å². The van der Waals surface area contributed by atoms with Crippen molar-refractivity contribution in [3.05, 3.63) is 23.8 Å². The van der Waals surface area contributed by atoms with Crippen LogP contribution in [0.4, 0.5) is 0 Å². The molecule has 2 aliphatic heterocycles. The molecule has 1 atom stereocenters. The summed E-state index contributed by atoms with van der Waals surface area (Å²) in [5, 5.41) is 0. The molecule has 24 heavy (non-hydrogen) atoms. The summed E-state index contributed by atoms with van der Waals surface area (Å²) in [7, 11) is 2.20. The molecule has 1 aromatic heterocycles. The molecular formula is C18H29N5O. The smallest absolute Gasteiger partial charge is 0.257 e. The quantitative estimate of drug-likeness (QED) is 0.835. The van der Waals surface area contributed by atoms with Crippen LogP contribution in [-0.4, -0.2) is 82.9 Å². The first-order chi connectivity index (χ1) is 11.6. The molecule has 3 heterocycles. The largest absolute Gasteiger partial charge is 0.339 e. The van der Waals surface area contributed by atoms with Crippen LogP contribution in [0.2, 0.25) is 0 Å². The van der Waals surface area contributed by atoms with Crippen LogP contribution in [0.3, 0.4) is 0 Å². The second kappa shape index (κ2) is 7.57. The lowest BCUT2D eigenvalue weighted by molar-refractivity contribution is 0.0499. The normalized spacial score (nSPS) is 22.5. The second-order valence-corrected chi connectivity index (χ2v) is 7.23. The maximum Gasteiger partial charge on any atom is 0.257 e. The zero-order valence-electron chi connectivity index (χ0n) is 15.1. The van der Waals surface area contributed by atoms with Crippen molar-refractivity contribution in [2.45, 2.75) is 32.7 Å². The van der Waals surface area contributed by atoms with Crippen LogP contribution in [0, 0.1) is 12.8 Å². The Balaban J connectivity index is 1.54. The molecule has 0 spiro atoms. The highest BCUT2D eigenvalue weighted by Gasteiger charge is 2.31. The van der Waals surface area contributed by atoms with Crippen molar-refractivity contribution in [2.24, 2.45) is 5.92 Å². The minimum atomic E-state index is 0.0822. The first kappa shape index (κ1) is 17.3. The van der Waals surface area contributed by atoms with Gasteiger partial charge in [0.15, 0.2) is 0 Å². The molecule has 2 fully saturated rings. The Labute approximate surface area is 144 Å². The molecule has 1 amide bonds. The Morgan fingerprint density at radius 1 is 1.17 bits per heavy atom. The van der Waals surface area contributed by atoms with Gasteiger partial charge in [-0.3, -0.25) is 9.69 Å². The van der Waals surface area contributed by atoms with E-state index in [0.717, 1.165) is 57.8 Å². The highest BCUT2D eigenvalue weighted by molar-refractivity contribution is 5.94. The van der Waals surface area contributed by atoms with E-state index in [1.165, 1.54) is 6.33 Å². The van der Waals surface area contributed by atoms with Crippen LogP contribution in [0.15, 0.2) is 12.5 Å². The van der Waals surface area contributed by atoms with E-state index in [9.17, 15) is 4.79 Å². The highest BCUT2D eigenvalue weighted by Crippen LogP contribution is 2.25. The van der Waals surface area contributed by atoms with Crippen molar-refractivity contribution in [3.8, 4) is 0 Å². The SMILES string of the molecule is Cc1ncncc1C(=O)N1CCC([C@H](C)N2CCN(C)CC2)CC1. The van der Waals surface area contributed by atoms with Crippen molar-refractivity contribution < 1.29 is 4.79 Å². The van der Waals surface area contributed by atoms with E-state index in [4.69, 9.17) is 0 Å². The summed E-state index contributed by atoms with van der Waals surface area (Å²) in [6, 6.07) is 0.609. The van der Waals surface area contributed by atoms with Gasteiger partial charge in [-0.2, -0.15) is 0 Å². The fraction of sp³-hybridized carbons (Fsp3) is 0.722. The number of piperidine rings is 1. The van der Waals surface area contributed by atoms with Crippen molar-refractivity contribution >= 4 is 5.91 Å². The van der Waals surface area contributed by atoms with Gasteiger partial charge in [-0.15, -0.1) is 0 Å². The fourth-order valence-electron chi connectivity index (χ4n) is 3.88. The zero-order chi connectivity index (χ0) is 17.1. The lowest BCUT2D eigenvalue weighted by Gasteiger charge is -2.42. The van der Waals surface area contributed by atoms with Crippen LogP contribution in [0.5, 0.6) is 0 Å². The predicted molar refractivity (Wildman–Crippen MR) is 93.9 cm³/mol. The molecule has 0 radical (unpaired) electrons. The van der Waals surface area contributed by atoms with Crippen LogP contribution >= 0.6 is 0 Å². The summed E-state index contributed by atoms with van der Waals surface area (Å²) < 4.78 is 0. The van der Waals surface area contributed by atoms with Gasteiger partial charge >= 0.3 is 0 Å². The van der Waals surface area contributed by atoms with E-state index in [1.807, 2.05) is 11.8 Å². The summed E-state index contributed by atoms with van der Waals surface area (Å²) in [4.78, 5) is 27.8. The standard InChI is InChI=1S/C18H29N5O/c1-14-17(12-19-13-20-14)18(24)23-6-4-16(5-7-23)15(2)22-10-8-21(3)9-11-22/h12-13,15-16H,4-11H2,1-3H3/t15-/m0/s1. The van der Waals surface area contributed by atoms with Gasteiger partial charge in [0.2, 0.25) is 0 Å². The monoisotopic (exact) mass is 331 g/mol. The van der Waals surface area contributed by atoms with Gasteiger partial charge in [-0.05, 0) is 39.7 Å². The van der Waals surface area contributed by atoms with Gasteiger partial charge in [-0.25, -0.2) is 9.97 Å². The molecule has 2 saturated heterocycles. The van der Waals surface area contributed by atoms with Gasteiger partial charge in [0.05, 0.1) is 11.3 Å². The Hall–Kier alpha value is -1.53. The van der Waals surface area contributed by atoms with Gasteiger partial charge in [0.1, 0.15) is 6.33 Å². The highest BCUT2D eigenvalue weighted by atomic mass is 16.2. The molecule has 0 aliphatic carbocycles. The van der Waals surface area contributed by atoms with Gasteiger partial charge in [0.25, 0.3) is 5.91 Å². The lowest BCUT2D eigenvalue weighted by Crippen LogP contribution is -2.52. The number of likely N-dealkylation sites (N-methyl/N-ethyl adjacent to an activating group) is 1. The average molecular weight is 331 g/mol. The first-order valence-corrected chi connectivity index (χ1v) is 9.04. The number of hydrogen-bond acceptors (Lipinski definition) is 5. The van der Waals surface area contributed by atoms with E-state index < -0.39 is 0 Å². The second-order valence-electron chi connectivity index (χ2n) is 7.23. The van der Waals surface area contributed by atoms with Gasteiger partial charge in [-0.1, -0.05) is 0 Å². The van der Waals surface area contributed by atoms with Gasteiger partial charge < -0.3 is 9.80 Å². The van der Waals surface area contributed by atoms with Gasteiger partial charge in [0, 0.05) is 51.5 Å². The van der Waals surface area contributed by atoms with Crippen molar-refractivity contribution in [1.29, 1.82) is 0 Å². The van der Waals surface area contributed by atoms with Crippen LogP contribution in [0.25, 0.3) is 0 Å². The predicted octanol–water partition coefficient (Wildman–Crippen LogP) is 1.27. The Morgan fingerprint density at radius 3 is 2.46 bits per heavy atom. The molecule has 0 unspecified atom stereocenters. The van der Waals surface area contributed by atoms with Crippen molar-refractivity contribution in [1.82, 2.24) is 24.7 Å². The number of amides is 1. The molecule has 0 saturated carbocycles. The maximum atomic E-state index is 12.7. The zero-order valence-corrected chi connectivity index (χ0v) is 15.1. The molecule has 0 aromatic carbocycles. The number of rotatable bonds is 3. The summed E-state index contributed by atoms with van der Waals surface area (Å²) >= 11 is 0. The van der Waals surface area contributed by atoms with Crippen molar-refractivity contribution in [2.75, 3.05) is 46.3 Å². The van der Waals surface area contributed by atoms with Crippen molar-refractivity contribution in [3.63, 3.8) is 0 Å². The molecular weight excluding hydrogens is 302 g/mol. The van der Waals surface area contributed by atoms with E-state index >= 15 is 0 Å². The Morgan fingerprint density at radius 2 is 1.83 bits per heavy atom. The van der Waals surface area contributed by atoms with E-state index in [0.29, 0.717) is 17.5 Å². The minimum absolute atomic E-state index is 0.0822. The topological polar surface area (TPSA) is 52.6 Å². The molecule has 2 aliphatic rings. The molecule has 0 bridgehead atoms. The average Bonchev–Trinajstić information content (AvgIpc) is 2.62. The number of aromatic nitrogens is 2. The molecule has 3 rings (SSSR count). The Bertz CT molecular complexity index is 562. The maximum absolute atomic E-state index is 12.7. The van der Waals surface area contributed by atoms with Crippen LogP contribution in [0.1, 0.15) is 35.8 Å². The van der Waals surface area contributed by atoms with Crippen LogP contribution in [-0.2, 0) is 0 Å². The summed E-state index contributed by atoms with van der Waals surface area (Å²) in [6.45, 7) is 10.6. The number of carbonyl (C=O) groups is 1. The lowest BCUT2D eigenvalue weighted by atomic mass is 9.88. The molecule has 1 aromatic rings. The number of aryl methyl sites for hydroxylation is 1. The number of nitrogens with zero attached hydrogens (tertiary/aromatic N) is 5.